The molecule has 2 aromatic heterocycles. The van der Waals surface area contributed by atoms with E-state index >= 15 is 0 Å². The third-order valence-electron chi connectivity index (χ3n) is 7.00. The van der Waals surface area contributed by atoms with Crippen molar-refractivity contribution in [3.63, 3.8) is 0 Å². The number of dihydropyridines is 1. The fourth-order valence-corrected chi connectivity index (χ4v) is 8.55. The Morgan fingerprint density at radius 2 is 1.87 bits per heavy atom. The van der Waals surface area contributed by atoms with Crippen LogP contribution in [-0.4, -0.2) is 16.7 Å². The molecular formula is C30H27N3O2S3. The molecule has 2 N–H and O–H groups in total. The van der Waals surface area contributed by atoms with E-state index in [4.69, 9.17) is 4.98 Å². The molecule has 1 atom stereocenters. The second-order valence-electron chi connectivity index (χ2n) is 9.55. The molecule has 3 heterocycles. The molecule has 0 unspecified atom stereocenters. The van der Waals surface area contributed by atoms with Gasteiger partial charge in [-0.3, -0.25) is 9.59 Å². The SMILES string of the molecule is CC1=C(C(=O)Nc2ccccc2)[C@H](c2cc(CSc3nc4ccccc4s3)c(C)s2)C2=C(CCCC2=O)N1. The van der Waals surface area contributed by atoms with Crippen molar-refractivity contribution < 1.29 is 9.59 Å². The number of thiazole rings is 1. The lowest BCUT2D eigenvalue weighted by molar-refractivity contribution is -0.116. The van der Waals surface area contributed by atoms with Gasteiger partial charge in [0.15, 0.2) is 10.1 Å². The van der Waals surface area contributed by atoms with Crippen molar-refractivity contribution >= 4 is 62.0 Å². The van der Waals surface area contributed by atoms with Crippen molar-refractivity contribution in [3.05, 3.63) is 98.5 Å². The average molecular weight is 558 g/mol. The molecule has 2 aliphatic rings. The molecule has 6 rings (SSSR count). The number of allylic oxidation sites excluding steroid dienone is 3. The van der Waals surface area contributed by atoms with E-state index in [0.717, 1.165) is 56.0 Å². The van der Waals surface area contributed by atoms with Gasteiger partial charge >= 0.3 is 0 Å². The molecule has 38 heavy (non-hydrogen) atoms. The van der Waals surface area contributed by atoms with Crippen molar-refractivity contribution in [2.75, 3.05) is 5.32 Å². The fourth-order valence-electron chi connectivity index (χ4n) is 5.17. The van der Waals surface area contributed by atoms with E-state index in [0.29, 0.717) is 12.0 Å². The number of aromatic nitrogens is 1. The van der Waals surface area contributed by atoms with Crippen LogP contribution in [0.5, 0.6) is 0 Å². The number of nitrogens with zero attached hydrogens (tertiary/aromatic N) is 1. The highest BCUT2D eigenvalue weighted by molar-refractivity contribution is 8.00. The minimum Gasteiger partial charge on any atom is -0.362 e. The van der Waals surface area contributed by atoms with Crippen molar-refractivity contribution in [1.29, 1.82) is 0 Å². The van der Waals surface area contributed by atoms with Gasteiger partial charge in [0.2, 0.25) is 0 Å². The second-order valence-corrected chi connectivity index (χ2v) is 13.1. The summed E-state index contributed by atoms with van der Waals surface area (Å²) in [5.74, 6) is 0.388. The van der Waals surface area contributed by atoms with E-state index < -0.39 is 0 Å². The van der Waals surface area contributed by atoms with E-state index in [1.807, 2.05) is 55.5 Å². The van der Waals surface area contributed by atoms with E-state index in [-0.39, 0.29) is 17.6 Å². The number of carbonyl (C=O) groups is 2. The summed E-state index contributed by atoms with van der Waals surface area (Å²) in [7, 11) is 0. The Balaban J connectivity index is 1.33. The Labute approximate surface area is 234 Å². The van der Waals surface area contributed by atoms with Gasteiger partial charge in [0.25, 0.3) is 5.91 Å². The molecule has 2 aromatic carbocycles. The van der Waals surface area contributed by atoms with E-state index in [1.54, 1.807) is 34.4 Å². The van der Waals surface area contributed by atoms with Crippen LogP contribution >= 0.6 is 34.4 Å². The summed E-state index contributed by atoms with van der Waals surface area (Å²) in [6.45, 7) is 4.07. The fraction of sp³-hybridized carbons (Fsp3) is 0.233. The first-order valence-corrected chi connectivity index (χ1v) is 15.3. The Bertz CT molecular complexity index is 1580. The smallest absolute Gasteiger partial charge is 0.254 e. The molecule has 4 aromatic rings. The Kier molecular flexibility index (Phi) is 6.95. The van der Waals surface area contributed by atoms with Crippen LogP contribution in [0.25, 0.3) is 10.2 Å². The number of aryl methyl sites for hydroxylation is 1. The monoisotopic (exact) mass is 557 g/mol. The van der Waals surface area contributed by atoms with E-state index in [2.05, 4.69) is 29.7 Å². The number of carbonyl (C=O) groups excluding carboxylic acids is 2. The largest absolute Gasteiger partial charge is 0.362 e. The Morgan fingerprint density at radius 1 is 1.08 bits per heavy atom. The molecule has 1 amide bonds. The number of rotatable bonds is 6. The van der Waals surface area contributed by atoms with Crippen molar-refractivity contribution in [3.8, 4) is 0 Å². The van der Waals surface area contributed by atoms with Crippen LogP contribution in [0.2, 0.25) is 0 Å². The number of thioether (sulfide) groups is 1. The zero-order chi connectivity index (χ0) is 26.2. The molecule has 1 aliphatic carbocycles. The van der Waals surface area contributed by atoms with Crippen molar-refractivity contribution in [2.24, 2.45) is 0 Å². The van der Waals surface area contributed by atoms with Gasteiger partial charge in [0, 0.05) is 50.2 Å². The lowest BCUT2D eigenvalue weighted by Crippen LogP contribution is -2.35. The lowest BCUT2D eigenvalue weighted by atomic mass is 9.77. The second kappa shape index (κ2) is 10.5. The lowest BCUT2D eigenvalue weighted by Gasteiger charge is -2.33. The molecule has 1 aliphatic heterocycles. The minimum absolute atomic E-state index is 0.137. The standard InChI is InChI=1S/C30H27N3O2S3/c1-17-26(29(35)32-20-9-4-3-5-10-20)28(27-22(31-17)12-8-13-23(27)34)25-15-19(18(2)37-25)16-36-30-33-21-11-6-7-14-24(21)38-30/h3-7,9-11,14-15,28,31H,8,12-13,16H2,1-2H3,(H,32,35)/t28-/m0/s1. The van der Waals surface area contributed by atoms with Crippen LogP contribution in [0, 0.1) is 6.92 Å². The van der Waals surface area contributed by atoms with E-state index in [1.165, 1.54) is 15.1 Å². The summed E-state index contributed by atoms with van der Waals surface area (Å²) < 4.78 is 2.24. The number of para-hydroxylation sites is 2. The number of ketones is 1. The van der Waals surface area contributed by atoms with Crippen LogP contribution in [0.15, 0.2) is 87.5 Å². The number of nitrogens with one attached hydrogen (secondary N) is 2. The molecule has 192 valence electrons. The minimum atomic E-state index is -0.368. The molecule has 0 saturated heterocycles. The van der Waals surface area contributed by atoms with Gasteiger partial charge in [-0.25, -0.2) is 4.98 Å². The van der Waals surface area contributed by atoms with Gasteiger partial charge in [-0.1, -0.05) is 42.1 Å². The number of hydrogen-bond donors (Lipinski definition) is 2. The molecule has 0 spiro atoms. The number of thiophene rings is 1. The van der Waals surface area contributed by atoms with Crippen LogP contribution in [0.3, 0.4) is 0 Å². The third-order valence-corrected chi connectivity index (χ3v) is 10.4. The quantitative estimate of drug-likeness (QED) is 0.239. The Hall–Kier alpha value is -3.20. The number of anilines is 1. The normalized spacial score (nSPS) is 17.5. The van der Waals surface area contributed by atoms with Crippen molar-refractivity contribution in [1.82, 2.24) is 10.3 Å². The number of amides is 1. The van der Waals surface area contributed by atoms with Gasteiger partial charge < -0.3 is 10.6 Å². The predicted molar refractivity (Wildman–Crippen MR) is 158 cm³/mol. The van der Waals surface area contributed by atoms with Gasteiger partial charge in [-0.2, -0.15) is 0 Å². The number of benzene rings is 2. The maximum absolute atomic E-state index is 13.7. The van der Waals surface area contributed by atoms with Crippen LogP contribution in [0.4, 0.5) is 5.69 Å². The van der Waals surface area contributed by atoms with Crippen LogP contribution in [-0.2, 0) is 15.3 Å². The summed E-state index contributed by atoms with van der Waals surface area (Å²) in [5.41, 5.74) is 6.15. The van der Waals surface area contributed by atoms with E-state index in [9.17, 15) is 9.59 Å². The van der Waals surface area contributed by atoms with Crippen molar-refractivity contribution in [2.45, 2.75) is 49.1 Å². The van der Waals surface area contributed by atoms with Crippen LogP contribution in [0.1, 0.15) is 47.4 Å². The third kappa shape index (κ3) is 4.84. The average Bonchev–Trinajstić information content (AvgIpc) is 3.50. The highest BCUT2D eigenvalue weighted by Crippen LogP contribution is 2.46. The number of hydrogen-bond acceptors (Lipinski definition) is 7. The first-order chi connectivity index (χ1) is 18.5. The van der Waals surface area contributed by atoms with Gasteiger partial charge in [0.1, 0.15) is 0 Å². The molecule has 0 fully saturated rings. The summed E-state index contributed by atoms with van der Waals surface area (Å²) in [6, 6.07) is 19.9. The summed E-state index contributed by atoms with van der Waals surface area (Å²) in [6.07, 6.45) is 2.19. The van der Waals surface area contributed by atoms with Gasteiger partial charge in [-0.15, -0.1) is 22.7 Å². The van der Waals surface area contributed by atoms with Gasteiger partial charge in [0.05, 0.1) is 16.1 Å². The molecule has 0 saturated carbocycles. The molecule has 0 radical (unpaired) electrons. The molecule has 5 nitrogen and oxygen atoms in total. The highest BCUT2D eigenvalue weighted by atomic mass is 32.2. The zero-order valence-corrected chi connectivity index (χ0v) is 23.6. The molecular weight excluding hydrogens is 531 g/mol. The number of fused-ring (bicyclic) bond motifs is 1. The number of Topliss-reactive ketones (excluding diaryl/α,β-unsaturated/α-hetero) is 1. The molecule has 0 bridgehead atoms. The topological polar surface area (TPSA) is 71.1 Å². The summed E-state index contributed by atoms with van der Waals surface area (Å²) in [4.78, 5) is 34.0. The highest BCUT2D eigenvalue weighted by Gasteiger charge is 2.39. The predicted octanol–water partition coefficient (Wildman–Crippen LogP) is 7.57. The molecule has 8 heteroatoms. The summed E-state index contributed by atoms with van der Waals surface area (Å²) >= 11 is 5.14. The first kappa shape index (κ1) is 25.1. The maximum atomic E-state index is 13.7. The Morgan fingerprint density at radius 3 is 2.68 bits per heavy atom. The van der Waals surface area contributed by atoms with Gasteiger partial charge in [-0.05, 0) is 62.6 Å². The first-order valence-electron chi connectivity index (χ1n) is 12.7. The maximum Gasteiger partial charge on any atom is 0.254 e. The summed E-state index contributed by atoms with van der Waals surface area (Å²) in [5, 5.41) is 6.47. The van der Waals surface area contributed by atoms with Crippen LogP contribution < -0.4 is 10.6 Å². The zero-order valence-electron chi connectivity index (χ0n) is 21.2.